The van der Waals surface area contributed by atoms with E-state index >= 15 is 0 Å². The number of halogens is 1. The second-order valence-electron chi connectivity index (χ2n) is 8.04. The van der Waals surface area contributed by atoms with Crippen molar-refractivity contribution >= 4 is 33.2 Å². The number of aryl methyl sites for hydroxylation is 4. The molecule has 3 rings (SSSR count). The minimum absolute atomic E-state index is 0.0867. The quantitative estimate of drug-likeness (QED) is 0.502. The standard InChI is InChI=1S/C25H27ClN2O3S/c1-17-5-7-21(8-6-17)15-28(16-24(29)27-23-11-9-22(26)10-12-23)32(30,31)25-19(3)13-18(2)14-20(25)4/h5-14H,15-16H2,1-4H3,(H,27,29). The van der Waals surface area contributed by atoms with Crippen LogP contribution in [0.15, 0.2) is 65.6 Å². The molecule has 0 aliphatic carbocycles. The van der Waals surface area contributed by atoms with Gasteiger partial charge in [-0.05, 0) is 68.7 Å². The van der Waals surface area contributed by atoms with Gasteiger partial charge in [0.2, 0.25) is 15.9 Å². The molecule has 1 N–H and O–H groups in total. The molecule has 0 saturated heterocycles. The molecule has 0 spiro atoms. The first kappa shape index (κ1) is 24.0. The normalized spacial score (nSPS) is 11.6. The summed E-state index contributed by atoms with van der Waals surface area (Å²) in [6.45, 7) is 7.24. The molecule has 0 fully saturated rings. The summed E-state index contributed by atoms with van der Waals surface area (Å²) in [5.74, 6) is -0.426. The van der Waals surface area contributed by atoms with Crippen LogP contribution in [0.3, 0.4) is 0 Å². The van der Waals surface area contributed by atoms with Gasteiger partial charge in [0.15, 0.2) is 0 Å². The van der Waals surface area contributed by atoms with E-state index in [4.69, 9.17) is 11.6 Å². The van der Waals surface area contributed by atoms with Crippen molar-refractivity contribution in [1.82, 2.24) is 4.31 Å². The number of anilines is 1. The molecule has 0 atom stereocenters. The number of hydrogen-bond acceptors (Lipinski definition) is 3. The predicted molar refractivity (Wildman–Crippen MR) is 130 cm³/mol. The molecule has 0 radical (unpaired) electrons. The highest BCUT2D eigenvalue weighted by atomic mass is 35.5. The molecule has 168 valence electrons. The van der Waals surface area contributed by atoms with Crippen LogP contribution in [-0.4, -0.2) is 25.2 Å². The fraction of sp³-hybridized carbons (Fsp3) is 0.240. The van der Waals surface area contributed by atoms with E-state index in [2.05, 4.69) is 5.32 Å². The van der Waals surface area contributed by atoms with Crippen molar-refractivity contribution < 1.29 is 13.2 Å². The highest BCUT2D eigenvalue weighted by molar-refractivity contribution is 7.89. The van der Waals surface area contributed by atoms with Gasteiger partial charge in [-0.1, -0.05) is 59.1 Å². The third kappa shape index (κ3) is 5.76. The lowest BCUT2D eigenvalue weighted by Crippen LogP contribution is -2.38. The van der Waals surface area contributed by atoms with Crippen LogP contribution in [0.1, 0.15) is 27.8 Å². The van der Waals surface area contributed by atoms with Gasteiger partial charge >= 0.3 is 0 Å². The molecule has 5 nitrogen and oxygen atoms in total. The van der Waals surface area contributed by atoms with E-state index < -0.39 is 15.9 Å². The maximum Gasteiger partial charge on any atom is 0.244 e. The van der Waals surface area contributed by atoms with E-state index in [9.17, 15) is 13.2 Å². The first-order valence-corrected chi connectivity index (χ1v) is 12.1. The van der Waals surface area contributed by atoms with Gasteiger partial charge in [0, 0.05) is 17.3 Å². The highest BCUT2D eigenvalue weighted by Crippen LogP contribution is 2.26. The van der Waals surface area contributed by atoms with Gasteiger partial charge in [-0.15, -0.1) is 0 Å². The summed E-state index contributed by atoms with van der Waals surface area (Å²) in [6.07, 6.45) is 0. The largest absolute Gasteiger partial charge is 0.325 e. The summed E-state index contributed by atoms with van der Waals surface area (Å²) >= 11 is 5.90. The fourth-order valence-corrected chi connectivity index (χ4v) is 5.64. The molecular formula is C25H27ClN2O3S. The lowest BCUT2D eigenvalue weighted by Gasteiger charge is -2.24. The molecule has 1 amide bonds. The zero-order valence-electron chi connectivity index (χ0n) is 18.6. The van der Waals surface area contributed by atoms with Crippen molar-refractivity contribution in [1.29, 1.82) is 0 Å². The van der Waals surface area contributed by atoms with Crippen molar-refractivity contribution in [3.8, 4) is 0 Å². The maximum absolute atomic E-state index is 13.7. The lowest BCUT2D eigenvalue weighted by molar-refractivity contribution is -0.116. The number of carbonyl (C=O) groups excluding carboxylic acids is 1. The van der Waals surface area contributed by atoms with Gasteiger partial charge < -0.3 is 5.32 Å². The molecule has 3 aromatic carbocycles. The minimum atomic E-state index is -3.93. The van der Waals surface area contributed by atoms with Crippen LogP contribution in [0.5, 0.6) is 0 Å². The van der Waals surface area contributed by atoms with Crippen LogP contribution in [0.25, 0.3) is 0 Å². The van der Waals surface area contributed by atoms with Crippen LogP contribution < -0.4 is 5.32 Å². The van der Waals surface area contributed by atoms with Crippen molar-refractivity contribution in [3.63, 3.8) is 0 Å². The minimum Gasteiger partial charge on any atom is -0.325 e. The Morgan fingerprint density at radius 2 is 1.44 bits per heavy atom. The van der Waals surface area contributed by atoms with E-state index in [-0.39, 0.29) is 18.0 Å². The molecule has 0 aliphatic rings. The Kier molecular flexibility index (Phi) is 7.39. The SMILES string of the molecule is Cc1ccc(CN(CC(=O)Nc2ccc(Cl)cc2)S(=O)(=O)c2c(C)cc(C)cc2C)cc1. The summed E-state index contributed by atoms with van der Waals surface area (Å²) in [5.41, 5.74) is 4.75. The summed E-state index contributed by atoms with van der Waals surface area (Å²) in [5, 5.41) is 3.31. The number of benzene rings is 3. The van der Waals surface area contributed by atoms with Crippen LogP contribution in [0, 0.1) is 27.7 Å². The lowest BCUT2D eigenvalue weighted by atomic mass is 10.1. The molecule has 0 aromatic heterocycles. The van der Waals surface area contributed by atoms with Crippen molar-refractivity contribution in [2.45, 2.75) is 39.1 Å². The van der Waals surface area contributed by atoms with E-state index in [0.29, 0.717) is 21.8 Å². The Balaban J connectivity index is 1.95. The summed E-state index contributed by atoms with van der Waals surface area (Å²) in [4.78, 5) is 13.0. The zero-order valence-corrected chi connectivity index (χ0v) is 20.2. The molecule has 0 unspecified atom stereocenters. The first-order valence-electron chi connectivity index (χ1n) is 10.3. The average Bonchev–Trinajstić information content (AvgIpc) is 2.70. The molecular weight excluding hydrogens is 444 g/mol. The molecule has 0 aliphatic heterocycles. The number of rotatable bonds is 7. The number of nitrogens with one attached hydrogen (secondary N) is 1. The second kappa shape index (κ2) is 9.86. The van der Waals surface area contributed by atoms with Gasteiger partial charge in [0.05, 0.1) is 11.4 Å². The second-order valence-corrected chi connectivity index (χ2v) is 10.4. The number of nitrogens with zero attached hydrogens (tertiary/aromatic N) is 1. The summed E-state index contributed by atoms with van der Waals surface area (Å²) in [7, 11) is -3.93. The third-order valence-corrected chi connectivity index (χ3v) is 7.48. The van der Waals surface area contributed by atoms with Crippen molar-refractivity contribution in [2.24, 2.45) is 0 Å². The van der Waals surface area contributed by atoms with E-state index in [0.717, 1.165) is 16.7 Å². The zero-order chi connectivity index (χ0) is 23.5. The van der Waals surface area contributed by atoms with Gasteiger partial charge in [0.25, 0.3) is 0 Å². The smallest absolute Gasteiger partial charge is 0.244 e. The highest BCUT2D eigenvalue weighted by Gasteiger charge is 2.30. The van der Waals surface area contributed by atoms with Crippen LogP contribution in [-0.2, 0) is 21.4 Å². The van der Waals surface area contributed by atoms with Crippen LogP contribution in [0.4, 0.5) is 5.69 Å². The van der Waals surface area contributed by atoms with Crippen molar-refractivity contribution in [3.05, 3.63) is 93.5 Å². The molecule has 3 aromatic rings. The van der Waals surface area contributed by atoms with Crippen molar-refractivity contribution in [2.75, 3.05) is 11.9 Å². The monoisotopic (exact) mass is 470 g/mol. The Labute approximate surface area is 195 Å². The van der Waals surface area contributed by atoms with Gasteiger partial charge in [-0.25, -0.2) is 8.42 Å². The van der Waals surface area contributed by atoms with Gasteiger partial charge in [0.1, 0.15) is 0 Å². The number of sulfonamides is 1. The Hall–Kier alpha value is -2.67. The maximum atomic E-state index is 13.7. The van der Waals surface area contributed by atoms with Crippen LogP contribution >= 0.6 is 11.6 Å². The number of hydrogen-bond donors (Lipinski definition) is 1. The third-order valence-electron chi connectivity index (χ3n) is 5.13. The number of carbonyl (C=O) groups is 1. The molecule has 0 bridgehead atoms. The van der Waals surface area contributed by atoms with Gasteiger partial charge in [-0.2, -0.15) is 4.31 Å². The van der Waals surface area contributed by atoms with E-state index in [1.165, 1.54) is 4.31 Å². The van der Waals surface area contributed by atoms with E-state index in [1.54, 1.807) is 38.1 Å². The Morgan fingerprint density at radius 1 is 0.875 bits per heavy atom. The molecule has 32 heavy (non-hydrogen) atoms. The molecule has 7 heteroatoms. The summed E-state index contributed by atoms with van der Waals surface area (Å²) < 4.78 is 28.7. The van der Waals surface area contributed by atoms with E-state index in [1.807, 2.05) is 50.2 Å². The van der Waals surface area contributed by atoms with Gasteiger partial charge in [-0.3, -0.25) is 4.79 Å². The number of amides is 1. The Morgan fingerprint density at radius 3 is 2.00 bits per heavy atom. The topological polar surface area (TPSA) is 66.5 Å². The van der Waals surface area contributed by atoms with Crippen LogP contribution in [0.2, 0.25) is 5.02 Å². The average molecular weight is 471 g/mol. The summed E-state index contributed by atoms with van der Waals surface area (Å²) in [6, 6.07) is 18.0. The first-order chi connectivity index (χ1) is 15.1. The Bertz CT molecular complexity index is 1200. The fourth-order valence-electron chi connectivity index (χ4n) is 3.72. The predicted octanol–water partition coefficient (Wildman–Crippen LogP) is 5.40. The molecule has 0 saturated carbocycles. The molecule has 0 heterocycles.